The molecule has 0 saturated carbocycles. The molecule has 0 aliphatic rings. The Kier molecular flexibility index (Phi) is 12.0. The maximum Gasteiger partial charge on any atom is 0.335 e. The molecule has 1 aromatic carbocycles. The van der Waals surface area contributed by atoms with Crippen molar-refractivity contribution < 1.29 is 22.0 Å². The zero-order valence-corrected chi connectivity index (χ0v) is 19.2. The van der Waals surface area contributed by atoms with Crippen molar-refractivity contribution in [3.63, 3.8) is 0 Å². The van der Waals surface area contributed by atoms with Crippen molar-refractivity contribution in [2.75, 3.05) is 23.7 Å². The lowest BCUT2D eigenvalue weighted by molar-refractivity contribution is 0.219. The monoisotopic (exact) mass is 433 g/mol. The molecular formula is C20H36NO5PS. The Balaban J connectivity index is 2.48. The van der Waals surface area contributed by atoms with Gasteiger partial charge in [0.05, 0.1) is 25.1 Å². The number of hydrogen-bond donors (Lipinski definition) is 1. The minimum atomic E-state index is -3.35. The second kappa shape index (κ2) is 13.4. The summed E-state index contributed by atoms with van der Waals surface area (Å²) in [6, 6.07) is 6.85. The molecule has 0 atom stereocenters. The molecule has 162 valence electrons. The van der Waals surface area contributed by atoms with Gasteiger partial charge in [-0.2, -0.15) is 0 Å². The van der Waals surface area contributed by atoms with Crippen molar-refractivity contribution in [2.45, 2.75) is 71.9 Å². The van der Waals surface area contributed by atoms with E-state index in [-0.39, 0.29) is 11.9 Å². The molecule has 0 bridgehead atoms. The highest BCUT2D eigenvalue weighted by atomic mass is 32.2. The molecule has 0 heterocycles. The third-order valence-corrected chi connectivity index (χ3v) is 7.70. The Morgan fingerprint density at radius 1 is 0.857 bits per heavy atom. The first-order valence-corrected chi connectivity index (χ1v) is 13.7. The first-order chi connectivity index (χ1) is 13.3. The van der Waals surface area contributed by atoms with Gasteiger partial charge in [-0.25, -0.2) is 8.42 Å². The van der Waals surface area contributed by atoms with Crippen LogP contribution in [0.15, 0.2) is 24.3 Å². The topological polar surface area (TPSA) is 81.7 Å². The molecule has 0 aliphatic carbocycles. The summed E-state index contributed by atoms with van der Waals surface area (Å²) in [5.74, 6) is 0.131. The average Bonchev–Trinajstić information content (AvgIpc) is 2.62. The predicted molar refractivity (Wildman–Crippen MR) is 116 cm³/mol. The van der Waals surface area contributed by atoms with Gasteiger partial charge < -0.3 is 9.05 Å². The standard InChI is InChI=1S/C20H36NO5PS/c1-4-7-8-9-10-11-12-17-28(23,24)21-20-15-13-19(14-16-20)18-27(22,25-5-2)26-6-3/h13-16,21H,4-12,17-18H2,1-3H3. The van der Waals surface area contributed by atoms with E-state index in [9.17, 15) is 13.0 Å². The number of rotatable bonds is 16. The largest absolute Gasteiger partial charge is 0.335 e. The maximum atomic E-state index is 12.6. The lowest BCUT2D eigenvalue weighted by atomic mass is 10.1. The molecule has 0 aliphatic heterocycles. The fourth-order valence-corrected chi connectivity index (χ4v) is 5.79. The molecule has 0 amide bonds. The summed E-state index contributed by atoms with van der Waals surface area (Å²) < 4.78 is 50.2. The second-order valence-corrected chi connectivity index (χ2v) is 10.7. The van der Waals surface area contributed by atoms with E-state index < -0.39 is 17.6 Å². The van der Waals surface area contributed by atoms with E-state index in [2.05, 4.69) is 11.6 Å². The Morgan fingerprint density at radius 3 is 1.93 bits per heavy atom. The van der Waals surface area contributed by atoms with Gasteiger partial charge in [-0.3, -0.25) is 9.29 Å². The second-order valence-electron chi connectivity index (χ2n) is 6.84. The van der Waals surface area contributed by atoms with Crippen molar-refractivity contribution in [1.29, 1.82) is 0 Å². The summed E-state index contributed by atoms with van der Waals surface area (Å²) in [5.41, 5.74) is 1.29. The molecule has 0 unspecified atom stereocenters. The minimum Gasteiger partial charge on any atom is -0.309 e. The summed E-state index contributed by atoms with van der Waals surface area (Å²) in [7, 11) is -6.52. The van der Waals surface area contributed by atoms with Gasteiger partial charge in [-0.15, -0.1) is 0 Å². The minimum absolute atomic E-state index is 0.131. The molecule has 1 rings (SSSR count). The van der Waals surface area contributed by atoms with Gasteiger partial charge in [-0.1, -0.05) is 57.6 Å². The van der Waals surface area contributed by atoms with Gasteiger partial charge in [0, 0.05) is 5.69 Å². The summed E-state index contributed by atoms with van der Waals surface area (Å²) in [6.45, 7) is 6.35. The molecule has 0 saturated heterocycles. The van der Waals surface area contributed by atoms with E-state index in [1.165, 1.54) is 25.7 Å². The average molecular weight is 434 g/mol. The van der Waals surface area contributed by atoms with Crippen LogP contribution in [0, 0.1) is 0 Å². The highest BCUT2D eigenvalue weighted by molar-refractivity contribution is 7.92. The maximum absolute atomic E-state index is 12.6. The Labute approximate surface area is 171 Å². The number of sulfonamides is 1. The molecular weight excluding hydrogens is 397 g/mol. The quantitative estimate of drug-likeness (QED) is 0.257. The van der Waals surface area contributed by atoms with Crippen LogP contribution < -0.4 is 4.72 Å². The number of nitrogens with one attached hydrogen (secondary N) is 1. The van der Waals surface area contributed by atoms with Gasteiger partial charge in [-0.05, 0) is 38.0 Å². The molecule has 8 heteroatoms. The van der Waals surface area contributed by atoms with E-state index in [4.69, 9.17) is 9.05 Å². The SMILES string of the molecule is CCCCCCCCCS(=O)(=O)Nc1ccc(CP(=O)(OCC)OCC)cc1. The fraction of sp³-hybridized carbons (Fsp3) is 0.700. The van der Waals surface area contributed by atoms with Crippen LogP contribution in [0.3, 0.4) is 0 Å². The number of hydrogen-bond acceptors (Lipinski definition) is 5. The summed E-state index contributed by atoms with van der Waals surface area (Å²) >= 11 is 0. The molecule has 0 radical (unpaired) electrons. The lowest BCUT2D eigenvalue weighted by Gasteiger charge is -2.17. The zero-order chi connectivity index (χ0) is 20.9. The molecule has 1 aromatic rings. The van der Waals surface area contributed by atoms with E-state index in [0.717, 1.165) is 18.4 Å². The highest BCUT2D eigenvalue weighted by Crippen LogP contribution is 2.51. The number of unbranched alkanes of at least 4 members (excludes halogenated alkanes) is 6. The van der Waals surface area contributed by atoms with Crippen LogP contribution in [-0.4, -0.2) is 27.4 Å². The molecule has 0 aromatic heterocycles. The van der Waals surface area contributed by atoms with Crippen LogP contribution in [0.1, 0.15) is 71.3 Å². The Bertz CT molecular complexity index is 681. The van der Waals surface area contributed by atoms with Crippen molar-refractivity contribution in [3.8, 4) is 0 Å². The fourth-order valence-electron chi connectivity index (χ4n) is 2.90. The van der Waals surface area contributed by atoms with Crippen LogP contribution in [-0.2, 0) is 29.8 Å². The summed E-state index contributed by atoms with van der Waals surface area (Å²) in [6.07, 6.45) is 7.73. The summed E-state index contributed by atoms with van der Waals surface area (Å²) in [4.78, 5) is 0. The van der Waals surface area contributed by atoms with Crippen LogP contribution in [0.4, 0.5) is 5.69 Å². The van der Waals surface area contributed by atoms with Gasteiger partial charge in [0.25, 0.3) is 0 Å². The van der Waals surface area contributed by atoms with E-state index in [1.54, 1.807) is 38.1 Å². The third kappa shape index (κ3) is 10.6. The van der Waals surface area contributed by atoms with Crippen LogP contribution >= 0.6 is 7.60 Å². The summed E-state index contributed by atoms with van der Waals surface area (Å²) in [5, 5.41) is 0. The first-order valence-electron chi connectivity index (χ1n) is 10.3. The van der Waals surface area contributed by atoms with E-state index in [0.29, 0.717) is 25.3 Å². The number of benzene rings is 1. The Hall–Kier alpha value is -0.880. The van der Waals surface area contributed by atoms with Crippen molar-refractivity contribution in [2.24, 2.45) is 0 Å². The molecule has 0 spiro atoms. The highest BCUT2D eigenvalue weighted by Gasteiger charge is 2.24. The van der Waals surface area contributed by atoms with Crippen molar-refractivity contribution in [1.82, 2.24) is 0 Å². The van der Waals surface area contributed by atoms with Gasteiger partial charge in [0.15, 0.2) is 0 Å². The van der Waals surface area contributed by atoms with Crippen LogP contribution in [0.25, 0.3) is 0 Å². The van der Waals surface area contributed by atoms with Gasteiger partial charge in [0.1, 0.15) is 0 Å². The van der Waals surface area contributed by atoms with Crippen LogP contribution in [0.2, 0.25) is 0 Å². The van der Waals surface area contributed by atoms with Crippen molar-refractivity contribution >= 4 is 23.3 Å². The lowest BCUT2D eigenvalue weighted by Crippen LogP contribution is -2.16. The van der Waals surface area contributed by atoms with Crippen molar-refractivity contribution in [3.05, 3.63) is 29.8 Å². The molecule has 28 heavy (non-hydrogen) atoms. The Morgan fingerprint density at radius 2 is 1.39 bits per heavy atom. The normalized spacial score (nSPS) is 12.2. The first kappa shape index (κ1) is 25.2. The van der Waals surface area contributed by atoms with Gasteiger partial charge >= 0.3 is 7.60 Å². The zero-order valence-electron chi connectivity index (χ0n) is 17.5. The van der Waals surface area contributed by atoms with E-state index in [1.807, 2.05) is 0 Å². The molecule has 0 fully saturated rings. The number of anilines is 1. The molecule has 1 N–H and O–H groups in total. The third-order valence-electron chi connectivity index (χ3n) is 4.27. The van der Waals surface area contributed by atoms with E-state index >= 15 is 0 Å². The van der Waals surface area contributed by atoms with Gasteiger partial charge in [0.2, 0.25) is 10.0 Å². The van der Waals surface area contributed by atoms with Crippen LogP contribution in [0.5, 0.6) is 0 Å². The smallest absolute Gasteiger partial charge is 0.309 e. The molecule has 6 nitrogen and oxygen atoms in total. The predicted octanol–water partition coefficient (Wildman–Crippen LogP) is 5.95.